The van der Waals surface area contributed by atoms with E-state index in [1.807, 2.05) is 27.2 Å². The molecule has 0 spiro atoms. The molecule has 0 bridgehead atoms. The summed E-state index contributed by atoms with van der Waals surface area (Å²) in [5.74, 6) is -0.201. The maximum absolute atomic E-state index is 12.8. The van der Waals surface area contributed by atoms with Gasteiger partial charge in [0.2, 0.25) is 5.91 Å². The second kappa shape index (κ2) is 37.3. The lowest BCUT2D eigenvalue weighted by molar-refractivity contribution is -0.870. The van der Waals surface area contributed by atoms with E-state index in [-0.39, 0.29) is 19.1 Å². The predicted molar refractivity (Wildman–Crippen MR) is 235 cm³/mol. The number of hydrogen-bond donors (Lipinski definition) is 3. The van der Waals surface area contributed by atoms with Crippen molar-refractivity contribution in [3.05, 3.63) is 85.1 Å². The molecule has 0 heterocycles. The Morgan fingerprint density at radius 1 is 0.636 bits per heavy atom. The number of phosphoric acid groups is 1. The number of unbranched alkanes of at least 4 members (excludes halogenated alkanes) is 12. The van der Waals surface area contributed by atoms with Crippen molar-refractivity contribution in [2.75, 3.05) is 40.9 Å². The van der Waals surface area contributed by atoms with E-state index in [0.717, 1.165) is 89.9 Å². The third-order valence-electron chi connectivity index (χ3n) is 8.87. The number of nitrogens with zero attached hydrogens (tertiary/aromatic N) is 1. The monoisotopic (exact) mass is 790 g/mol. The Labute approximate surface area is 337 Å². The van der Waals surface area contributed by atoms with Crippen LogP contribution in [0.2, 0.25) is 0 Å². The number of aliphatic hydroxyl groups is 1. The molecule has 3 atom stereocenters. The van der Waals surface area contributed by atoms with Crippen LogP contribution in [0, 0.1) is 0 Å². The lowest BCUT2D eigenvalue weighted by Gasteiger charge is -2.25. The van der Waals surface area contributed by atoms with E-state index in [2.05, 4.69) is 92.1 Å². The van der Waals surface area contributed by atoms with Crippen molar-refractivity contribution < 1.29 is 32.9 Å². The van der Waals surface area contributed by atoms with Crippen LogP contribution in [0.5, 0.6) is 0 Å². The number of rotatable bonds is 37. The number of hydrogen-bond acceptors (Lipinski definition) is 5. The fourth-order valence-electron chi connectivity index (χ4n) is 5.45. The van der Waals surface area contributed by atoms with Gasteiger partial charge in [0.25, 0.3) is 0 Å². The molecule has 3 unspecified atom stereocenters. The number of quaternary nitrogens is 1. The summed E-state index contributed by atoms with van der Waals surface area (Å²) in [4.78, 5) is 23.0. The fourth-order valence-corrected chi connectivity index (χ4v) is 6.19. The van der Waals surface area contributed by atoms with Gasteiger partial charge in [-0.2, -0.15) is 0 Å². The van der Waals surface area contributed by atoms with Gasteiger partial charge in [0, 0.05) is 6.42 Å². The Morgan fingerprint density at radius 3 is 1.60 bits per heavy atom. The van der Waals surface area contributed by atoms with E-state index in [0.29, 0.717) is 17.4 Å². The SMILES string of the molecule is CC/C=C\C/C=C\C/C=C\C/C=C\C/C=C\C/C=C\CCCCCCCCC(=O)NC(COP(=O)(O)OCC[N+](C)(C)C)C(O)/C=C/CCCCCCCC. The zero-order valence-electron chi connectivity index (χ0n) is 35.6. The largest absolute Gasteiger partial charge is 0.472 e. The minimum atomic E-state index is -4.34. The van der Waals surface area contributed by atoms with E-state index in [9.17, 15) is 19.4 Å². The number of phosphoric ester groups is 1. The van der Waals surface area contributed by atoms with Gasteiger partial charge in [0.1, 0.15) is 13.2 Å². The highest BCUT2D eigenvalue weighted by Crippen LogP contribution is 2.43. The molecule has 3 N–H and O–H groups in total. The molecule has 0 aromatic heterocycles. The normalized spacial score (nSPS) is 15.3. The summed E-state index contributed by atoms with van der Waals surface area (Å²) in [5.41, 5.74) is 0. The molecular weight excluding hydrogens is 707 g/mol. The van der Waals surface area contributed by atoms with Crippen LogP contribution in [0.4, 0.5) is 0 Å². The molecule has 0 aliphatic heterocycles. The highest BCUT2D eigenvalue weighted by molar-refractivity contribution is 7.47. The molecule has 8 nitrogen and oxygen atoms in total. The first-order valence-electron chi connectivity index (χ1n) is 21.5. The number of nitrogens with one attached hydrogen (secondary N) is 1. The first kappa shape index (κ1) is 52.7. The quantitative estimate of drug-likeness (QED) is 0.0251. The van der Waals surface area contributed by atoms with Crippen molar-refractivity contribution in [1.29, 1.82) is 0 Å². The summed E-state index contributed by atoms with van der Waals surface area (Å²) in [5, 5.41) is 13.7. The number of allylic oxidation sites excluding steroid dienone is 13. The van der Waals surface area contributed by atoms with E-state index in [1.165, 1.54) is 38.5 Å². The molecular formula is C46H82N2O6P+. The first-order chi connectivity index (χ1) is 26.5. The number of aliphatic hydroxyl groups excluding tert-OH is 1. The van der Waals surface area contributed by atoms with E-state index in [1.54, 1.807) is 6.08 Å². The third kappa shape index (κ3) is 39.7. The highest BCUT2D eigenvalue weighted by atomic mass is 31.2. The van der Waals surface area contributed by atoms with Crippen LogP contribution in [-0.4, -0.2) is 73.4 Å². The molecule has 0 radical (unpaired) electrons. The molecule has 1 amide bonds. The Balaban J connectivity index is 4.30. The standard InChI is InChI=1S/C46H81N2O6P/c1-6-8-10-12-14-16-17-18-19-20-21-22-23-24-25-26-27-28-29-30-31-32-34-36-38-40-46(50)47-44(43-54-55(51,52)53-42-41-48(3,4)5)45(49)39-37-35-33-15-13-11-9-7-2/h8,10,14,16,18-19,21-22,24-25,27-28,37,39,44-45,49H,6-7,9,11-13,15,17,20,23,26,29-36,38,40-43H2,1-5H3,(H-,47,50,51,52)/p+1/b10-8-,16-14-,19-18-,22-21-,25-24-,28-27-,39-37+. The van der Waals surface area contributed by atoms with Crippen LogP contribution in [0.15, 0.2) is 85.1 Å². The smallest absolute Gasteiger partial charge is 0.387 e. The molecule has 0 aromatic carbocycles. The third-order valence-corrected chi connectivity index (χ3v) is 9.86. The van der Waals surface area contributed by atoms with Gasteiger partial charge >= 0.3 is 7.82 Å². The minimum Gasteiger partial charge on any atom is -0.387 e. The van der Waals surface area contributed by atoms with Crippen molar-refractivity contribution >= 4 is 13.7 Å². The van der Waals surface area contributed by atoms with Gasteiger partial charge in [-0.3, -0.25) is 13.8 Å². The first-order valence-corrected chi connectivity index (χ1v) is 23.0. The molecule has 0 fully saturated rings. The predicted octanol–water partition coefficient (Wildman–Crippen LogP) is 11.8. The van der Waals surface area contributed by atoms with Crippen molar-refractivity contribution in [3.8, 4) is 0 Å². The average Bonchev–Trinajstić information content (AvgIpc) is 3.13. The molecule has 0 rings (SSSR count). The average molecular weight is 790 g/mol. The second-order valence-corrected chi connectivity index (χ2v) is 16.8. The molecule has 9 heteroatoms. The van der Waals surface area contributed by atoms with Crippen LogP contribution in [0.25, 0.3) is 0 Å². The topological polar surface area (TPSA) is 105 Å². The maximum Gasteiger partial charge on any atom is 0.472 e. The van der Waals surface area contributed by atoms with Crippen LogP contribution >= 0.6 is 7.82 Å². The molecule has 0 saturated carbocycles. The summed E-state index contributed by atoms with van der Waals surface area (Å²) in [6, 6.07) is -0.857. The molecule has 316 valence electrons. The van der Waals surface area contributed by atoms with Gasteiger partial charge in [-0.1, -0.05) is 157 Å². The van der Waals surface area contributed by atoms with Crippen molar-refractivity contribution in [3.63, 3.8) is 0 Å². The second-order valence-electron chi connectivity index (χ2n) is 15.3. The highest BCUT2D eigenvalue weighted by Gasteiger charge is 2.27. The summed E-state index contributed by atoms with van der Waals surface area (Å²) in [7, 11) is 1.54. The fraction of sp³-hybridized carbons (Fsp3) is 0.674. The van der Waals surface area contributed by atoms with Crippen LogP contribution < -0.4 is 5.32 Å². The van der Waals surface area contributed by atoms with Gasteiger partial charge in [0.05, 0.1) is 39.9 Å². The maximum atomic E-state index is 12.8. The molecule has 0 aliphatic carbocycles. The minimum absolute atomic E-state index is 0.0531. The zero-order valence-corrected chi connectivity index (χ0v) is 36.5. The summed E-state index contributed by atoms with van der Waals surface area (Å²) in [6.07, 6.45) is 50.9. The lowest BCUT2D eigenvalue weighted by Crippen LogP contribution is -2.45. The van der Waals surface area contributed by atoms with Gasteiger partial charge in [-0.25, -0.2) is 4.57 Å². The van der Waals surface area contributed by atoms with Crippen molar-refractivity contribution in [2.45, 2.75) is 161 Å². The number of carbonyl (C=O) groups is 1. The van der Waals surface area contributed by atoms with Crippen LogP contribution in [-0.2, 0) is 18.4 Å². The van der Waals surface area contributed by atoms with Gasteiger partial charge in [-0.15, -0.1) is 0 Å². The van der Waals surface area contributed by atoms with Gasteiger partial charge in [-0.05, 0) is 70.6 Å². The summed E-state index contributed by atoms with van der Waals surface area (Å²) < 4.78 is 23.4. The Morgan fingerprint density at radius 2 is 1.09 bits per heavy atom. The summed E-state index contributed by atoms with van der Waals surface area (Å²) >= 11 is 0. The van der Waals surface area contributed by atoms with Gasteiger partial charge in [0.15, 0.2) is 0 Å². The molecule has 0 aromatic rings. The van der Waals surface area contributed by atoms with Crippen molar-refractivity contribution in [1.82, 2.24) is 5.32 Å². The lowest BCUT2D eigenvalue weighted by atomic mass is 10.1. The molecule has 55 heavy (non-hydrogen) atoms. The van der Waals surface area contributed by atoms with E-state index < -0.39 is 20.0 Å². The Hall–Kier alpha value is -2.32. The van der Waals surface area contributed by atoms with Crippen molar-refractivity contribution in [2.24, 2.45) is 0 Å². The molecule has 0 aliphatic rings. The summed E-state index contributed by atoms with van der Waals surface area (Å²) in [6.45, 7) is 4.61. The Bertz CT molecular complexity index is 1170. The van der Waals surface area contributed by atoms with Crippen LogP contribution in [0.3, 0.4) is 0 Å². The number of amides is 1. The molecule has 0 saturated heterocycles. The van der Waals surface area contributed by atoms with E-state index in [4.69, 9.17) is 9.05 Å². The number of carbonyl (C=O) groups excluding carboxylic acids is 1. The van der Waals surface area contributed by atoms with E-state index >= 15 is 0 Å². The van der Waals surface area contributed by atoms with Gasteiger partial charge < -0.3 is 19.8 Å². The van der Waals surface area contributed by atoms with Crippen LogP contribution in [0.1, 0.15) is 149 Å². The Kier molecular flexibility index (Phi) is 35.7. The zero-order chi connectivity index (χ0) is 40.7. The number of likely N-dealkylation sites (N-methyl/N-ethyl adjacent to an activating group) is 1.